The van der Waals surface area contributed by atoms with Crippen LogP contribution in [0.15, 0.2) is 29.2 Å². The third kappa shape index (κ3) is 5.57. The SMILES string of the molecule is CCOP(=O)(CCS(=O)c1ccc(C)cc1)OCC. The van der Waals surface area contributed by atoms with Crippen molar-refractivity contribution in [1.82, 2.24) is 0 Å². The van der Waals surface area contributed by atoms with E-state index in [9.17, 15) is 8.77 Å². The van der Waals surface area contributed by atoms with Crippen LogP contribution in [0.2, 0.25) is 0 Å². The minimum absolute atomic E-state index is 0.176. The molecule has 19 heavy (non-hydrogen) atoms. The number of hydrogen-bond acceptors (Lipinski definition) is 4. The predicted molar refractivity (Wildman–Crippen MR) is 78.2 cm³/mol. The number of benzene rings is 1. The molecular weight excluding hydrogens is 283 g/mol. The molecule has 0 aromatic heterocycles. The largest absolute Gasteiger partial charge is 0.331 e. The van der Waals surface area contributed by atoms with Crippen LogP contribution < -0.4 is 0 Å². The highest BCUT2D eigenvalue weighted by atomic mass is 32.2. The van der Waals surface area contributed by atoms with Crippen molar-refractivity contribution in [2.45, 2.75) is 25.7 Å². The molecule has 0 radical (unpaired) electrons. The highest BCUT2D eigenvalue weighted by Crippen LogP contribution is 2.47. The Kier molecular flexibility index (Phi) is 6.94. The fourth-order valence-electron chi connectivity index (χ4n) is 1.56. The number of rotatable bonds is 8. The zero-order valence-electron chi connectivity index (χ0n) is 11.6. The van der Waals surface area contributed by atoms with Crippen LogP contribution in [0.3, 0.4) is 0 Å². The van der Waals surface area contributed by atoms with Gasteiger partial charge in [0.2, 0.25) is 0 Å². The van der Waals surface area contributed by atoms with Gasteiger partial charge in [0.15, 0.2) is 0 Å². The molecule has 4 nitrogen and oxygen atoms in total. The maximum absolute atomic E-state index is 12.2. The Bertz CT molecular complexity index is 448. The lowest BCUT2D eigenvalue weighted by atomic mass is 10.2. The molecule has 0 aliphatic rings. The van der Waals surface area contributed by atoms with Crippen LogP contribution >= 0.6 is 7.60 Å². The molecular formula is C13H21O4PS. The van der Waals surface area contributed by atoms with Gasteiger partial charge < -0.3 is 9.05 Å². The first-order chi connectivity index (χ1) is 9.00. The Morgan fingerprint density at radius 3 is 2.11 bits per heavy atom. The average molecular weight is 304 g/mol. The van der Waals surface area contributed by atoms with Crippen LogP contribution in [0.25, 0.3) is 0 Å². The van der Waals surface area contributed by atoms with Gasteiger partial charge in [0.1, 0.15) is 0 Å². The molecule has 0 fully saturated rings. The van der Waals surface area contributed by atoms with Gasteiger partial charge in [0.25, 0.3) is 0 Å². The minimum Gasteiger partial charge on any atom is -0.309 e. The molecule has 0 aliphatic carbocycles. The number of hydrogen-bond donors (Lipinski definition) is 0. The molecule has 0 N–H and O–H groups in total. The van der Waals surface area contributed by atoms with Crippen molar-refractivity contribution in [1.29, 1.82) is 0 Å². The van der Waals surface area contributed by atoms with Crippen LogP contribution in [-0.2, 0) is 24.4 Å². The molecule has 1 aromatic carbocycles. The lowest BCUT2D eigenvalue weighted by molar-refractivity contribution is 0.221. The van der Waals surface area contributed by atoms with Crippen molar-refractivity contribution in [2.24, 2.45) is 0 Å². The van der Waals surface area contributed by atoms with Crippen LogP contribution in [0.1, 0.15) is 19.4 Å². The topological polar surface area (TPSA) is 52.6 Å². The summed E-state index contributed by atoms with van der Waals surface area (Å²) in [5, 5.41) is 0. The zero-order chi connectivity index (χ0) is 14.3. The summed E-state index contributed by atoms with van der Waals surface area (Å²) >= 11 is 0. The normalized spacial score (nSPS) is 13.4. The van der Waals surface area contributed by atoms with E-state index >= 15 is 0 Å². The molecule has 108 valence electrons. The molecule has 0 amide bonds. The van der Waals surface area contributed by atoms with Crippen molar-refractivity contribution < 1.29 is 17.8 Å². The molecule has 0 bridgehead atoms. The van der Waals surface area contributed by atoms with Crippen molar-refractivity contribution in [3.05, 3.63) is 29.8 Å². The van der Waals surface area contributed by atoms with Gasteiger partial charge in [0.05, 0.1) is 30.2 Å². The lowest BCUT2D eigenvalue weighted by Gasteiger charge is -2.16. The first-order valence-corrected chi connectivity index (χ1v) is 9.38. The molecule has 1 rings (SSSR count). The van der Waals surface area contributed by atoms with E-state index in [2.05, 4.69) is 0 Å². The van der Waals surface area contributed by atoms with Gasteiger partial charge in [-0.1, -0.05) is 17.7 Å². The third-order valence-corrected chi connectivity index (χ3v) is 6.24. The third-order valence-electron chi connectivity index (χ3n) is 2.49. The highest BCUT2D eigenvalue weighted by molar-refractivity contribution is 7.85. The minimum atomic E-state index is -3.10. The Labute approximate surface area is 117 Å². The Morgan fingerprint density at radius 2 is 1.63 bits per heavy atom. The molecule has 0 spiro atoms. The zero-order valence-corrected chi connectivity index (χ0v) is 13.3. The lowest BCUT2D eigenvalue weighted by Crippen LogP contribution is -2.08. The fourth-order valence-corrected chi connectivity index (χ4v) is 4.91. The molecule has 0 saturated carbocycles. The van der Waals surface area contributed by atoms with Crippen molar-refractivity contribution in [2.75, 3.05) is 25.1 Å². The van der Waals surface area contributed by atoms with Crippen molar-refractivity contribution in [3.8, 4) is 0 Å². The molecule has 6 heteroatoms. The average Bonchev–Trinajstić information content (AvgIpc) is 2.37. The van der Waals surface area contributed by atoms with Gasteiger partial charge in [-0.25, -0.2) is 0 Å². The molecule has 1 atom stereocenters. The summed E-state index contributed by atoms with van der Waals surface area (Å²) in [5.74, 6) is 0.278. The summed E-state index contributed by atoms with van der Waals surface area (Å²) in [4.78, 5) is 0.741. The van der Waals surface area contributed by atoms with Crippen molar-refractivity contribution >= 4 is 18.4 Å². The van der Waals surface area contributed by atoms with E-state index in [0.29, 0.717) is 13.2 Å². The van der Waals surface area contributed by atoms with Gasteiger partial charge in [-0.2, -0.15) is 0 Å². The van der Waals surface area contributed by atoms with Crippen LogP contribution in [0.4, 0.5) is 0 Å². The van der Waals surface area contributed by atoms with E-state index < -0.39 is 18.4 Å². The molecule has 0 saturated heterocycles. The van der Waals surface area contributed by atoms with E-state index in [4.69, 9.17) is 9.05 Å². The second-order valence-electron chi connectivity index (χ2n) is 4.03. The number of aryl methyl sites for hydroxylation is 1. The summed E-state index contributed by atoms with van der Waals surface area (Å²) < 4.78 is 34.7. The summed E-state index contributed by atoms with van der Waals surface area (Å²) in [7, 11) is -4.27. The first-order valence-electron chi connectivity index (χ1n) is 6.34. The summed E-state index contributed by atoms with van der Waals surface area (Å²) in [6.45, 7) is 6.17. The molecule has 1 unspecified atom stereocenters. The Morgan fingerprint density at radius 1 is 1.11 bits per heavy atom. The van der Waals surface area contributed by atoms with E-state index in [1.54, 1.807) is 13.8 Å². The van der Waals surface area contributed by atoms with Gasteiger partial charge >= 0.3 is 7.60 Å². The van der Waals surface area contributed by atoms with E-state index in [1.165, 1.54) is 0 Å². The molecule has 0 aliphatic heterocycles. The fraction of sp³-hybridized carbons (Fsp3) is 0.538. The quantitative estimate of drug-likeness (QED) is 0.691. The smallest absolute Gasteiger partial charge is 0.309 e. The highest BCUT2D eigenvalue weighted by Gasteiger charge is 2.24. The summed E-state index contributed by atoms with van der Waals surface area (Å²) in [5.41, 5.74) is 1.12. The first kappa shape index (κ1) is 16.6. The Hall–Kier alpha value is -0.480. The van der Waals surface area contributed by atoms with E-state index in [0.717, 1.165) is 10.5 Å². The van der Waals surface area contributed by atoms with Crippen molar-refractivity contribution in [3.63, 3.8) is 0 Å². The maximum Gasteiger partial charge on any atom is 0.331 e. The second-order valence-corrected chi connectivity index (χ2v) is 7.79. The van der Waals surface area contributed by atoms with Crippen LogP contribution in [0, 0.1) is 6.92 Å². The van der Waals surface area contributed by atoms with E-state index in [1.807, 2.05) is 31.2 Å². The predicted octanol–water partition coefficient (Wildman–Crippen LogP) is 3.37. The standard InChI is InChI=1S/C13H21O4PS/c1-4-16-18(14,17-5-2)10-11-19(15)13-8-6-12(3)7-9-13/h6-9H,4-5,10-11H2,1-3H3. The van der Waals surface area contributed by atoms with Crippen LogP contribution in [-0.4, -0.2) is 29.3 Å². The maximum atomic E-state index is 12.2. The molecule has 0 heterocycles. The molecule has 1 aromatic rings. The monoisotopic (exact) mass is 304 g/mol. The van der Waals surface area contributed by atoms with Crippen LogP contribution in [0.5, 0.6) is 0 Å². The van der Waals surface area contributed by atoms with Gasteiger partial charge in [-0.15, -0.1) is 0 Å². The van der Waals surface area contributed by atoms with Gasteiger partial charge in [-0.05, 0) is 32.9 Å². The van der Waals surface area contributed by atoms with Gasteiger partial charge in [0, 0.05) is 10.6 Å². The summed E-state index contributed by atoms with van der Waals surface area (Å²) in [6.07, 6.45) is 0.176. The van der Waals surface area contributed by atoms with Gasteiger partial charge in [-0.3, -0.25) is 8.77 Å². The second kappa shape index (κ2) is 7.95. The summed E-state index contributed by atoms with van der Waals surface area (Å²) in [6, 6.07) is 7.49. The Balaban J connectivity index is 2.61. The van der Waals surface area contributed by atoms with E-state index in [-0.39, 0.29) is 11.9 Å².